The Bertz CT molecular complexity index is 413. The summed E-state index contributed by atoms with van der Waals surface area (Å²) in [5, 5.41) is 3.38. The molecule has 1 aromatic rings. The van der Waals surface area contributed by atoms with E-state index in [1.165, 1.54) is 44.9 Å². The van der Waals surface area contributed by atoms with Gasteiger partial charge in [0.2, 0.25) is 0 Å². The standard InChI is InChI=1S/C17H25BrFN/c1-20-16(10-13-6-4-2-3-5-7-13)11-14-8-9-15(18)12-17(14)19/h8-9,12-13,16,20H,2-7,10-11H2,1H3. The van der Waals surface area contributed by atoms with Crippen LogP contribution in [-0.2, 0) is 6.42 Å². The van der Waals surface area contributed by atoms with E-state index in [1.54, 1.807) is 6.07 Å². The molecule has 112 valence electrons. The number of hydrogen-bond donors (Lipinski definition) is 1. The van der Waals surface area contributed by atoms with Gasteiger partial charge in [-0.3, -0.25) is 0 Å². The molecule has 0 aliphatic heterocycles. The second-order valence-electron chi connectivity index (χ2n) is 6.02. The molecule has 0 radical (unpaired) electrons. The van der Waals surface area contributed by atoms with Gasteiger partial charge in [-0.15, -0.1) is 0 Å². The van der Waals surface area contributed by atoms with Crippen molar-refractivity contribution in [3.05, 3.63) is 34.1 Å². The van der Waals surface area contributed by atoms with Crippen molar-refractivity contribution in [1.82, 2.24) is 5.32 Å². The third-order valence-electron chi connectivity index (χ3n) is 4.48. The van der Waals surface area contributed by atoms with E-state index >= 15 is 0 Å². The number of nitrogens with one attached hydrogen (secondary N) is 1. The molecule has 2 rings (SSSR count). The number of hydrogen-bond acceptors (Lipinski definition) is 1. The van der Waals surface area contributed by atoms with Gasteiger partial charge < -0.3 is 5.32 Å². The summed E-state index contributed by atoms with van der Waals surface area (Å²) in [6.45, 7) is 0. The predicted octanol–water partition coefficient (Wildman–Crippen LogP) is 5.08. The highest BCUT2D eigenvalue weighted by atomic mass is 79.9. The molecule has 3 heteroatoms. The van der Waals surface area contributed by atoms with Gasteiger partial charge in [0.05, 0.1) is 0 Å². The second-order valence-corrected chi connectivity index (χ2v) is 6.93. The Labute approximate surface area is 130 Å². The molecule has 1 aliphatic carbocycles. The maximum Gasteiger partial charge on any atom is 0.127 e. The van der Waals surface area contributed by atoms with Gasteiger partial charge in [-0.25, -0.2) is 4.39 Å². The quantitative estimate of drug-likeness (QED) is 0.736. The third-order valence-corrected chi connectivity index (χ3v) is 4.98. The maximum absolute atomic E-state index is 13.9. The molecular weight excluding hydrogens is 317 g/mol. The fourth-order valence-electron chi connectivity index (χ4n) is 3.26. The summed E-state index contributed by atoms with van der Waals surface area (Å²) >= 11 is 3.31. The van der Waals surface area contributed by atoms with Crippen molar-refractivity contribution < 1.29 is 4.39 Å². The highest BCUT2D eigenvalue weighted by molar-refractivity contribution is 9.10. The van der Waals surface area contributed by atoms with E-state index in [4.69, 9.17) is 0 Å². The Kier molecular flexibility index (Phi) is 6.50. The lowest BCUT2D eigenvalue weighted by atomic mass is 9.90. The van der Waals surface area contributed by atoms with Crippen LogP contribution in [-0.4, -0.2) is 13.1 Å². The molecule has 1 aromatic carbocycles. The summed E-state index contributed by atoms with van der Waals surface area (Å²) in [7, 11) is 2.00. The lowest BCUT2D eigenvalue weighted by molar-refractivity contribution is 0.359. The Morgan fingerprint density at radius 3 is 2.55 bits per heavy atom. The normalized spacial score (nSPS) is 18.8. The zero-order valence-corrected chi connectivity index (χ0v) is 13.9. The van der Waals surface area contributed by atoms with Gasteiger partial charge in [0.1, 0.15) is 5.82 Å². The van der Waals surface area contributed by atoms with Crippen LogP contribution < -0.4 is 5.32 Å². The minimum absolute atomic E-state index is 0.0968. The van der Waals surface area contributed by atoms with Crippen LogP contribution in [0.15, 0.2) is 22.7 Å². The molecule has 0 spiro atoms. The van der Waals surface area contributed by atoms with E-state index in [0.29, 0.717) is 6.04 Å². The zero-order valence-electron chi connectivity index (χ0n) is 12.3. The lowest BCUT2D eigenvalue weighted by Crippen LogP contribution is -2.30. The molecule has 20 heavy (non-hydrogen) atoms. The molecule has 0 aromatic heterocycles. The number of rotatable bonds is 5. The SMILES string of the molecule is CNC(Cc1ccc(Br)cc1F)CC1CCCCCC1. The summed E-state index contributed by atoms with van der Waals surface area (Å²) in [5.41, 5.74) is 0.821. The van der Waals surface area contributed by atoms with Crippen LogP contribution in [0.25, 0.3) is 0 Å². The fourth-order valence-corrected chi connectivity index (χ4v) is 3.59. The number of halogens is 2. The van der Waals surface area contributed by atoms with E-state index in [-0.39, 0.29) is 5.82 Å². The van der Waals surface area contributed by atoms with Gasteiger partial charge in [0.25, 0.3) is 0 Å². The van der Waals surface area contributed by atoms with E-state index in [0.717, 1.165) is 22.4 Å². The van der Waals surface area contributed by atoms with Crippen molar-refractivity contribution in [2.45, 2.75) is 57.4 Å². The average Bonchev–Trinajstić information content (AvgIpc) is 2.69. The molecule has 1 nitrogen and oxygen atoms in total. The van der Waals surface area contributed by atoms with E-state index < -0.39 is 0 Å². The number of benzene rings is 1. The van der Waals surface area contributed by atoms with Gasteiger partial charge in [0, 0.05) is 10.5 Å². The van der Waals surface area contributed by atoms with E-state index in [1.807, 2.05) is 19.2 Å². The largest absolute Gasteiger partial charge is 0.317 e. The van der Waals surface area contributed by atoms with Gasteiger partial charge in [-0.2, -0.15) is 0 Å². The van der Waals surface area contributed by atoms with Crippen LogP contribution in [0.5, 0.6) is 0 Å². The monoisotopic (exact) mass is 341 g/mol. The first kappa shape index (κ1) is 16.0. The highest BCUT2D eigenvalue weighted by Gasteiger charge is 2.18. The molecule has 1 N–H and O–H groups in total. The van der Waals surface area contributed by atoms with Crippen LogP contribution in [0.3, 0.4) is 0 Å². The molecule has 1 fully saturated rings. The van der Waals surface area contributed by atoms with Gasteiger partial charge in [-0.05, 0) is 43.5 Å². The maximum atomic E-state index is 13.9. The van der Waals surface area contributed by atoms with E-state index in [9.17, 15) is 4.39 Å². The predicted molar refractivity (Wildman–Crippen MR) is 86.5 cm³/mol. The Balaban J connectivity index is 1.93. The van der Waals surface area contributed by atoms with Crippen molar-refractivity contribution in [2.75, 3.05) is 7.05 Å². The van der Waals surface area contributed by atoms with Crippen LogP contribution in [0.1, 0.15) is 50.5 Å². The highest BCUT2D eigenvalue weighted by Crippen LogP contribution is 2.27. The molecular formula is C17H25BrFN. The van der Waals surface area contributed by atoms with Gasteiger partial charge >= 0.3 is 0 Å². The van der Waals surface area contributed by atoms with Gasteiger partial charge in [0.15, 0.2) is 0 Å². The van der Waals surface area contributed by atoms with E-state index in [2.05, 4.69) is 21.2 Å². The molecule has 0 saturated heterocycles. The van der Waals surface area contributed by atoms with Crippen molar-refractivity contribution in [2.24, 2.45) is 5.92 Å². The summed E-state index contributed by atoms with van der Waals surface area (Å²) in [5.74, 6) is 0.717. The Hall–Kier alpha value is -0.410. The van der Waals surface area contributed by atoms with Crippen molar-refractivity contribution in [3.8, 4) is 0 Å². The first-order chi connectivity index (χ1) is 9.69. The first-order valence-electron chi connectivity index (χ1n) is 7.80. The topological polar surface area (TPSA) is 12.0 Å². The van der Waals surface area contributed by atoms with Crippen molar-refractivity contribution >= 4 is 15.9 Å². The lowest BCUT2D eigenvalue weighted by Gasteiger charge is -2.22. The Morgan fingerprint density at radius 2 is 1.95 bits per heavy atom. The zero-order chi connectivity index (χ0) is 14.4. The molecule has 0 amide bonds. The Morgan fingerprint density at radius 1 is 1.25 bits per heavy atom. The summed E-state index contributed by atoms with van der Waals surface area (Å²) in [6.07, 6.45) is 10.2. The average molecular weight is 342 g/mol. The van der Waals surface area contributed by atoms with Crippen LogP contribution in [0.4, 0.5) is 4.39 Å². The van der Waals surface area contributed by atoms with Crippen LogP contribution in [0, 0.1) is 11.7 Å². The molecule has 0 heterocycles. The first-order valence-corrected chi connectivity index (χ1v) is 8.59. The smallest absolute Gasteiger partial charge is 0.127 e. The minimum Gasteiger partial charge on any atom is -0.317 e. The molecule has 1 saturated carbocycles. The van der Waals surface area contributed by atoms with Crippen molar-refractivity contribution in [3.63, 3.8) is 0 Å². The molecule has 1 aliphatic rings. The van der Waals surface area contributed by atoms with Crippen molar-refractivity contribution in [1.29, 1.82) is 0 Å². The second kappa shape index (κ2) is 8.14. The molecule has 1 unspecified atom stereocenters. The summed E-state index contributed by atoms with van der Waals surface area (Å²) in [4.78, 5) is 0. The third kappa shape index (κ3) is 4.85. The van der Waals surface area contributed by atoms with Crippen LogP contribution in [0.2, 0.25) is 0 Å². The fraction of sp³-hybridized carbons (Fsp3) is 0.647. The molecule has 1 atom stereocenters. The minimum atomic E-state index is -0.0968. The summed E-state index contributed by atoms with van der Waals surface area (Å²) < 4.78 is 14.7. The van der Waals surface area contributed by atoms with Crippen LogP contribution >= 0.6 is 15.9 Å². The molecule has 0 bridgehead atoms. The number of likely N-dealkylation sites (N-methyl/N-ethyl adjacent to an activating group) is 1. The summed E-state index contributed by atoms with van der Waals surface area (Å²) in [6, 6.07) is 5.77. The van der Waals surface area contributed by atoms with Gasteiger partial charge in [-0.1, -0.05) is 60.5 Å².